The van der Waals surface area contributed by atoms with Gasteiger partial charge in [0.1, 0.15) is 5.56 Å². The molecule has 2 amide bonds. The maximum Gasteiger partial charge on any atom is 0.286 e. The van der Waals surface area contributed by atoms with Crippen LogP contribution >= 0.6 is 11.6 Å². The smallest absolute Gasteiger partial charge is 0.286 e. The van der Waals surface area contributed by atoms with E-state index in [0.29, 0.717) is 18.7 Å². The third-order valence-corrected chi connectivity index (χ3v) is 4.84. The number of methoxy groups -OCH3 is 1. The lowest BCUT2D eigenvalue weighted by atomic mass is 10.1. The van der Waals surface area contributed by atoms with Gasteiger partial charge in [-0.3, -0.25) is 19.7 Å². The second-order valence-electron chi connectivity index (χ2n) is 6.34. The molecule has 0 saturated heterocycles. The third-order valence-electron chi connectivity index (χ3n) is 4.53. The van der Waals surface area contributed by atoms with E-state index in [9.17, 15) is 19.7 Å². The van der Waals surface area contributed by atoms with Gasteiger partial charge in [-0.15, -0.1) is 0 Å². The van der Waals surface area contributed by atoms with Gasteiger partial charge in [-0.05, 0) is 39.0 Å². The lowest BCUT2D eigenvalue weighted by Crippen LogP contribution is -2.30. The van der Waals surface area contributed by atoms with Crippen LogP contribution in [0.2, 0.25) is 5.02 Å². The molecule has 0 fully saturated rings. The van der Waals surface area contributed by atoms with Gasteiger partial charge >= 0.3 is 0 Å². The molecular weight excluding hydrogens is 426 g/mol. The number of carbonyl (C=O) groups is 2. The van der Waals surface area contributed by atoms with Crippen molar-refractivity contribution in [2.24, 2.45) is 0 Å². The highest BCUT2D eigenvalue weighted by atomic mass is 35.5. The third kappa shape index (κ3) is 5.43. The Bertz CT molecular complexity index is 991. The number of carbonyl (C=O) groups excluding carboxylic acids is 2. The molecule has 0 atom stereocenters. The average molecular weight is 450 g/mol. The number of hydrogen-bond donors (Lipinski definition) is 1. The summed E-state index contributed by atoms with van der Waals surface area (Å²) in [6, 6.07) is 6.84. The summed E-state index contributed by atoms with van der Waals surface area (Å²) in [7, 11) is 1.37. The fourth-order valence-electron chi connectivity index (χ4n) is 2.96. The van der Waals surface area contributed by atoms with Gasteiger partial charge in [-0.2, -0.15) is 0 Å². The lowest BCUT2D eigenvalue weighted by molar-refractivity contribution is -0.385. The van der Waals surface area contributed by atoms with Crippen LogP contribution in [0.25, 0.3) is 0 Å². The van der Waals surface area contributed by atoms with Crippen molar-refractivity contribution in [2.75, 3.05) is 32.1 Å². The minimum atomic E-state index is -0.730. The van der Waals surface area contributed by atoms with Gasteiger partial charge in [-0.1, -0.05) is 11.6 Å². The van der Waals surface area contributed by atoms with E-state index in [1.54, 1.807) is 11.8 Å². The van der Waals surface area contributed by atoms with Crippen LogP contribution in [0.1, 0.15) is 41.5 Å². The van der Waals surface area contributed by atoms with Crippen LogP contribution in [0.15, 0.2) is 30.3 Å². The van der Waals surface area contributed by atoms with Crippen LogP contribution in [0, 0.1) is 10.1 Å². The molecule has 0 aromatic heterocycles. The molecule has 0 heterocycles. The molecule has 166 valence electrons. The SMILES string of the molecule is CCOc1cc([N+](=O)[O-])c(C(=O)Nc2ccc(C(=O)N(CC)CC)c(Cl)c2)cc1OC. The molecule has 0 bridgehead atoms. The molecule has 0 aliphatic rings. The Balaban J connectivity index is 2.36. The van der Waals surface area contributed by atoms with E-state index >= 15 is 0 Å². The second kappa shape index (κ2) is 10.6. The quantitative estimate of drug-likeness (QED) is 0.449. The van der Waals surface area contributed by atoms with Gasteiger partial charge < -0.3 is 19.7 Å². The molecule has 0 unspecified atom stereocenters. The summed E-state index contributed by atoms with van der Waals surface area (Å²) in [6.45, 7) is 6.80. The van der Waals surface area contributed by atoms with Crippen LogP contribution < -0.4 is 14.8 Å². The minimum Gasteiger partial charge on any atom is -0.493 e. The van der Waals surface area contributed by atoms with Crippen molar-refractivity contribution in [2.45, 2.75) is 20.8 Å². The summed E-state index contributed by atoms with van der Waals surface area (Å²) < 4.78 is 10.5. The predicted octanol–water partition coefficient (Wildman–Crippen LogP) is 4.39. The first-order valence-electron chi connectivity index (χ1n) is 9.66. The van der Waals surface area contributed by atoms with Crippen LogP contribution in [-0.4, -0.2) is 48.4 Å². The van der Waals surface area contributed by atoms with Crippen LogP contribution in [0.3, 0.4) is 0 Å². The summed E-state index contributed by atoms with van der Waals surface area (Å²) in [5.41, 5.74) is -0.0452. The monoisotopic (exact) mass is 449 g/mol. The van der Waals surface area contributed by atoms with Crippen molar-refractivity contribution in [3.63, 3.8) is 0 Å². The molecule has 1 N–H and O–H groups in total. The number of halogens is 1. The molecule has 2 aromatic carbocycles. The summed E-state index contributed by atoms with van der Waals surface area (Å²) in [4.78, 5) is 37.7. The van der Waals surface area contributed by atoms with E-state index in [2.05, 4.69) is 5.32 Å². The first-order valence-corrected chi connectivity index (χ1v) is 10.0. The van der Waals surface area contributed by atoms with E-state index in [4.69, 9.17) is 21.1 Å². The van der Waals surface area contributed by atoms with Crippen LogP contribution in [0.5, 0.6) is 11.5 Å². The number of nitrogens with zero attached hydrogens (tertiary/aromatic N) is 2. The number of anilines is 1. The zero-order valence-corrected chi connectivity index (χ0v) is 18.5. The van der Waals surface area contributed by atoms with Gasteiger partial charge in [0.25, 0.3) is 17.5 Å². The minimum absolute atomic E-state index is 0.161. The number of nitro groups is 1. The fourth-order valence-corrected chi connectivity index (χ4v) is 3.22. The van der Waals surface area contributed by atoms with Crippen molar-refractivity contribution in [1.29, 1.82) is 0 Å². The van der Waals surface area contributed by atoms with E-state index in [-0.39, 0.29) is 40.3 Å². The molecule has 0 radical (unpaired) electrons. The van der Waals surface area contributed by atoms with Gasteiger partial charge in [0.15, 0.2) is 11.5 Å². The normalized spacial score (nSPS) is 10.4. The molecule has 2 aromatic rings. The first kappa shape index (κ1) is 23.9. The molecule has 2 rings (SSSR count). The standard InChI is InChI=1S/C21H24ClN3O6/c1-5-24(6-2)21(27)14-9-8-13(10-16(14)22)23-20(26)15-11-18(30-4)19(31-7-3)12-17(15)25(28)29/h8-12H,5-7H2,1-4H3,(H,23,26). The zero-order valence-electron chi connectivity index (χ0n) is 17.7. The summed E-state index contributed by atoms with van der Waals surface area (Å²) in [6.07, 6.45) is 0. The maximum absolute atomic E-state index is 12.8. The average Bonchev–Trinajstić information content (AvgIpc) is 2.74. The number of benzene rings is 2. The Hall–Kier alpha value is -3.33. The number of rotatable bonds is 9. The predicted molar refractivity (Wildman–Crippen MR) is 117 cm³/mol. The van der Waals surface area contributed by atoms with Gasteiger partial charge in [0.05, 0.1) is 35.3 Å². The molecule has 0 aliphatic carbocycles. The fraction of sp³-hybridized carbons (Fsp3) is 0.333. The second-order valence-corrected chi connectivity index (χ2v) is 6.74. The number of ether oxygens (including phenoxy) is 2. The first-order chi connectivity index (χ1) is 14.8. The maximum atomic E-state index is 12.8. The van der Waals surface area contributed by atoms with Gasteiger partial charge in [0.2, 0.25) is 0 Å². The van der Waals surface area contributed by atoms with Crippen molar-refractivity contribution in [3.05, 3.63) is 56.6 Å². The summed E-state index contributed by atoms with van der Waals surface area (Å²) in [5.74, 6) is -0.599. The molecular formula is C21H24ClN3O6. The van der Waals surface area contributed by atoms with E-state index in [1.807, 2.05) is 13.8 Å². The van der Waals surface area contributed by atoms with Crippen LogP contribution in [0.4, 0.5) is 11.4 Å². The topological polar surface area (TPSA) is 111 Å². The van der Waals surface area contributed by atoms with Crippen molar-refractivity contribution in [3.8, 4) is 11.5 Å². The Morgan fingerprint density at radius 3 is 2.29 bits per heavy atom. The number of nitrogens with one attached hydrogen (secondary N) is 1. The largest absolute Gasteiger partial charge is 0.493 e. The highest BCUT2D eigenvalue weighted by Gasteiger charge is 2.25. The summed E-state index contributed by atoms with van der Waals surface area (Å²) in [5, 5.41) is 14.2. The number of amides is 2. The Morgan fingerprint density at radius 2 is 1.77 bits per heavy atom. The number of hydrogen-bond acceptors (Lipinski definition) is 6. The van der Waals surface area contributed by atoms with Crippen molar-refractivity contribution < 1.29 is 24.0 Å². The van der Waals surface area contributed by atoms with Crippen molar-refractivity contribution in [1.82, 2.24) is 4.90 Å². The summed E-state index contributed by atoms with van der Waals surface area (Å²) >= 11 is 6.25. The lowest BCUT2D eigenvalue weighted by Gasteiger charge is -2.19. The van der Waals surface area contributed by atoms with Crippen LogP contribution in [-0.2, 0) is 0 Å². The van der Waals surface area contributed by atoms with E-state index < -0.39 is 16.5 Å². The molecule has 0 aliphatic heterocycles. The van der Waals surface area contributed by atoms with E-state index in [1.165, 1.54) is 31.4 Å². The van der Waals surface area contributed by atoms with Crippen molar-refractivity contribution >= 4 is 34.8 Å². The Morgan fingerprint density at radius 1 is 1.10 bits per heavy atom. The molecule has 10 heteroatoms. The Kier molecular flexibility index (Phi) is 8.21. The zero-order chi connectivity index (χ0) is 23.1. The molecule has 9 nitrogen and oxygen atoms in total. The number of nitro benzene ring substituents is 1. The highest BCUT2D eigenvalue weighted by molar-refractivity contribution is 6.34. The van der Waals surface area contributed by atoms with Gasteiger partial charge in [-0.25, -0.2) is 0 Å². The Labute approximate surface area is 185 Å². The molecule has 0 saturated carbocycles. The highest BCUT2D eigenvalue weighted by Crippen LogP contribution is 2.35. The van der Waals surface area contributed by atoms with Gasteiger partial charge in [0, 0.05) is 24.8 Å². The molecule has 0 spiro atoms. The molecule has 31 heavy (non-hydrogen) atoms. The van der Waals surface area contributed by atoms with E-state index in [0.717, 1.165) is 6.07 Å².